The van der Waals surface area contributed by atoms with Crippen LogP contribution in [0.2, 0.25) is 0 Å². The number of carbonyl (C=O) groups excluding carboxylic acids is 1. The SMILES string of the molecule is COc1ccc(-c2coc3c4c(cc(O)c3c2=O)OC(=O)CC4c2ccc(OCc3nccn3C)c(OC)c2)cc1OC. The number of esters is 1. The average Bonchev–Trinajstić information content (AvgIpc) is 3.43. The number of aromatic nitrogens is 2. The molecule has 11 heteroatoms. The van der Waals surface area contributed by atoms with Crippen molar-refractivity contribution in [1.29, 1.82) is 0 Å². The van der Waals surface area contributed by atoms with Crippen LogP contribution in [0.4, 0.5) is 0 Å². The summed E-state index contributed by atoms with van der Waals surface area (Å²) < 4.78 is 35.7. The normalized spacial score (nSPS) is 14.2. The van der Waals surface area contributed by atoms with Gasteiger partial charge in [0, 0.05) is 37.0 Å². The Hall–Kier alpha value is -5.45. The van der Waals surface area contributed by atoms with Gasteiger partial charge in [-0.05, 0) is 35.4 Å². The first kappa shape index (κ1) is 27.7. The standard InChI is InChI=1S/C32H28N2O9/c1-34-10-9-33-27(34)16-41-23-8-6-17(11-25(23)40-4)19-13-28(36)43-26-14-21(35)30-31(37)20(15-42-32(30)29(19)26)18-5-7-22(38-2)24(12-18)39-3/h5-12,14-15,19,35H,13,16H2,1-4H3. The zero-order valence-electron chi connectivity index (χ0n) is 23.9. The van der Waals surface area contributed by atoms with E-state index in [2.05, 4.69) is 4.98 Å². The summed E-state index contributed by atoms with van der Waals surface area (Å²) in [6.07, 6.45) is 4.82. The van der Waals surface area contributed by atoms with Gasteiger partial charge in [-0.3, -0.25) is 9.59 Å². The van der Waals surface area contributed by atoms with E-state index in [-0.39, 0.29) is 41.1 Å². The van der Waals surface area contributed by atoms with Gasteiger partial charge in [0.1, 0.15) is 41.2 Å². The third-order valence-corrected chi connectivity index (χ3v) is 7.53. The molecule has 5 aromatic rings. The molecule has 0 aliphatic carbocycles. The number of benzene rings is 3. The van der Waals surface area contributed by atoms with Crippen LogP contribution in [0, 0.1) is 0 Å². The average molecular weight is 585 g/mol. The van der Waals surface area contributed by atoms with Crippen LogP contribution in [-0.2, 0) is 18.4 Å². The van der Waals surface area contributed by atoms with E-state index >= 15 is 0 Å². The van der Waals surface area contributed by atoms with Crippen molar-refractivity contribution in [2.75, 3.05) is 21.3 Å². The van der Waals surface area contributed by atoms with E-state index in [0.29, 0.717) is 39.7 Å². The van der Waals surface area contributed by atoms with Crippen molar-refractivity contribution in [3.63, 3.8) is 0 Å². The summed E-state index contributed by atoms with van der Waals surface area (Å²) in [5.41, 5.74) is 1.56. The number of fused-ring (bicyclic) bond motifs is 3. The van der Waals surface area contributed by atoms with Gasteiger partial charge in [-0.2, -0.15) is 0 Å². The fraction of sp³-hybridized carbons (Fsp3) is 0.219. The topological polar surface area (TPSA) is 131 Å². The first-order valence-corrected chi connectivity index (χ1v) is 13.3. The monoisotopic (exact) mass is 584 g/mol. The number of carbonyl (C=O) groups is 1. The van der Waals surface area contributed by atoms with Gasteiger partial charge in [0.15, 0.2) is 23.0 Å². The number of rotatable bonds is 8. The number of nitrogens with zero attached hydrogens (tertiary/aromatic N) is 2. The minimum atomic E-state index is -0.563. The maximum Gasteiger partial charge on any atom is 0.312 e. The highest BCUT2D eigenvalue weighted by molar-refractivity contribution is 5.94. The van der Waals surface area contributed by atoms with E-state index in [1.165, 1.54) is 33.7 Å². The molecule has 0 bridgehead atoms. The first-order chi connectivity index (χ1) is 20.8. The molecule has 11 nitrogen and oxygen atoms in total. The molecular formula is C32H28N2O9. The van der Waals surface area contributed by atoms with Gasteiger partial charge in [-0.25, -0.2) is 4.98 Å². The predicted molar refractivity (Wildman–Crippen MR) is 155 cm³/mol. The van der Waals surface area contributed by atoms with Crippen molar-refractivity contribution in [3.8, 4) is 45.6 Å². The lowest BCUT2D eigenvalue weighted by Gasteiger charge is -2.26. The second-order valence-corrected chi connectivity index (χ2v) is 9.94. The van der Waals surface area contributed by atoms with Gasteiger partial charge < -0.3 is 37.8 Å². The lowest BCUT2D eigenvalue weighted by molar-refractivity contribution is -0.135. The molecule has 3 heterocycles. The van der Waals surface area contributed by atoms with Gasteiger partial charge in [0.25, 0.3) is 0 Å². The van der Waals surface area contributed by atoms with Crippen LogP contribution in [0.5, 0.6) is 34.5 Å². The van der Waals surface area contributed by atoms with E-state index in [0.717, 1.165) is 5.82 Å². The van der Waals surface area contributed by atoms with Crippen LogP contribution in [0.3, 0.4) is 0 Å². The molecule has 1 aliphatic heterocycles. The van der Waals surface area contributed by atoms with Crippen molar-refractivity contribution >= 4 is 16.9 Å². The summed E-state index contributed by atoms with van der Waals surface area (Å²) in [6.45, 7) is 0.231. The number of phenols is 1. The number of phenolic OH excluding ortho intramolecular Hbond substituents is 1. The molecule has 0 saturated heterocycles. The second-order valence-electron chi connectivity index (χ2n) is 9.94. The van der Waals surface area contributed by atoms with Gasteiger partial charge >= 0.3 is 5.97 Å². The molecule has 1 aliphatic rings. The quantitative estimate of drug-likeness (QED) is 0.198. The minimum absolute atomic E-state index is 0.0232. The highest BCUT2D eigenvalue weighted by Crippen LogP contribution is 2.47. The lowest BCUT2D eigenvalue weighted by Crippen LogP contribution is -2.22. The molecule has 0 saturated carbocycles. The highest BCUT2D eigenvalue weighted by atomic mass is 16.5. The molecule has 2 aromatic heterocycles. The first-order valence-electron chi connectivity index (χ1n) is 13.3. The third-order valence-electron chi connectivity index (χ3n) is 7.53. The van der Waals surface area contributed by atoms with Crippen LogP contribution in [-0.4, -0.2) is 42.0 Å². The Kier molecular flexibility index (Phi) is 7.14. The number of aryl methyl sites for hydroxylation is 1. The molecule has 1 unspecified atom stereocenters. The molecule has 43 heavy (non-hydrogen) atoms. The predicted octanol–water partition coefficient (Wildman–Crippen LogP) is 4.94. The fourth-order valence-electron chi connectivity index (χ4n) is 5.32. The van der Waals surface area contributed by atoms with E-state index in [9.17, 15) is 14.7 Å². The van der Waals surface area contributed by atoms with Gasteiger partial charge in [0.2, 0.25) is 5.43 Å². The van der Waals surface area contributed by atoms with Crippen LogP contribution >= 0.6 is 0 Å². The van der Waals surface area contributed by atoms with Gasteiger partial charge in [-0.1, -0.05) is 12.1 Å². The summed E-state index contributed by atoms with van der Waals surface area (Å²) in [6, 6.07) is 11.7. The molecular weight excluding hydrogens is 556 g/mol. The Balaban J connectivity index is 1.44. The minimum Gasteiger partial charge on any atom is -0.507 e. The molecule has 1 atom stereocenters. The Morgan fingerprint density at radius 2 is 1.72 bits per heavy atom. The summed E-state index contributed by atoms with van der Waals surface area (Å²) in [5.74, 6) is 1.31. The third kappa shape index (κ3) is 4.88. The molecule has 0 radical (unpaired) electrons. The molecule has 0 spiro atoms. The Morgan fingerprint density at radius 3 is 2.44 bits per heavy atom. The smallest absolute Gasteiger partial charge is 0.312 e. The Bertz CT molecular complexity index is 1920. The van der Waals surface area contributed by atoms with Crippen molar-refractivity contribution < 1.29 is 38.0 Å². The number of hydrogen-bond donors (Lipinski definition) is 1. The maximum atomic E-state index is 13.8. The van der Waals surface area contributed by atoms with Crippen molar-refractivity contribution in [2.45, 2.75) is 18.9 Å². The summed E-state index contributed by atoms with van der Waals surface area (Å²) in [4.78, 5) is 30.7. The molecule has 3 aromatic carbocycles. The Labute approximate surface area is 245 Å². The molecule has 0 amide bonds. The zero-order valence-corrected chi connectivity index (χ0v) is 23.9. The molecule has 1 N–H and O–H groups in total. The maximum absolute atomic E-state index is 13.8. The number of methoxy groups -OCH3 is 3. The summed E-state index contributed by atoms with van der Waals surface area (Å²) in [7, 11) is 6.42. The number of aromatic hydroxyl groups is 1. The molecule has 6 rings (SSSR count). The van der Waals surface area contributed by atoms with Crippen LogP contribution in [0.1, 0.15) is 29.3 Å². The Morgan fingerprint density at radius 1 is 0.977 bits per heavy atom. The van der Waals surface area contributed by atoms with Crippen molar-refractivity contribution in [3.05, 3.63) is 88.3 Å². The fourth-order valence-corrected chi connectivity index (χ4v) is 5.32. The van der Waals surface area contributed by atoms with Gasteiger partial charge in [-0.15, -0.1) is 0 Å². The number of hydrogen-bond acceptors (Lipinski definition) is 10. The zero-order chi connectivity index (χ0) is 30.2. The van der Waals surface area contributed by atoms with Gasteiger partial charge in [0.05, 0.1) is 33.3 Å². The summed E-state index contributed by atoms with van der Waals surface area (Å²) >= 11 is 0. The number of ether oxygens (including phenoxy) is 5. The summed E-state index contributed by atoms with van der Waals surface area (Å²) in [5, 5.41) is 10.9. The van der Waals surface area contributed by atoms with Crippen LogP contribution in [0.15, 0.2) is 70.3 Å². The van der Waals surface area contributed by atoms with E-state index in [1.54, 1.807) is 36.5 Å². The molecule has 220 valence electrons. The molecule has 0 fully saturated rings. The highest BCUT2D eigenvalue weighted by Gasteiger charge is 2.34. The van der Waals surface area contributed by atoms with E-state index < -0.39 is 17.3 Å². The van der Waals surface area contributed by atoms with Crippen molar-refractivity contribution in [2.24, 2.45) is 7.05 Å². The van der Waals surface area contributed by atoms with E-state index in [4.69, 9.17) is 28.1 Å². The largest absolute Gasteiger partial charge is 0.507 e. The van der Waals surface area contributed by atoms with Crippen LogP contribution in [0.25, 0.3) is 22.1 Å². The van der Waals surface area contributed by atoms with Crippen LogP contribution < -0.4 is 29.1 Å². The second kappa shape index (κ2) is 11.1. The van der Waals surface area contributed by atoms with E-state index in [1.807, 2.05) is 23.9 Å². The lowest BCUT2D eigenvalue weighted by atomic mass is 9.84. The number of imidazole rings is 1. The van der Waals surface area contributed by atoms with Crippen molar-refractivity contribution in [1.82, 2.24) is 9.55 Å².